The quantitative estimate of drug-likeness (QED) is 0.735. The van der Waals surface area contributed by atoms with E-state index in [0.29, 0.717) is 28.6 Å². The molecule has 2 aromatic rings. The maximum absolute atomic E-state index is 12.0. The second-order valence-electron chi connectivity index (χ2n) is 5.21. The highest BCUT2D eigenvalue weighted by Crippen LogP contribution is 2.15. The van der Waals surface area contributed by atoms with E-state index >= 15 is 0 Å². The van der Waals surface area contributed by atoms with Crippen LogP contribution in [0, 0.1) is 0 Å². The van der Waals surface area contributed by atoms with Crippen molar-refractivity contribution in [2.24, 2.45) is 0 Å². The van der Waals surface area contributed by atoms with Gasteiger partial charge in [-0.05, 0) is 48.9 Å². The van der Waals surface area contributed by atoms with Crippen molar-refractivity contribution in [2.45, 2.75) is 12.7 Å². The average molecular weight is 383 g/mol. The molecule has 0 aromatic heterocycles. The molecule has 8 heteroatoms. The minimum absolute atomic E-state index is 0.222. The van der Waals surface area contributed by atoms with Crippen LogP contribution in [0.1, 0.15) is 12.5 Å². The van der Waals surface area contributed by atoms with E-state index in [1.165, 1.54) is 0 Å². The molecule has 2 aromatic carbocycles. The van der Waals surface area contributed by atoms with Gasteiger partial charge in [0.2, 0.25) is 15.9 Å². The number of ether oxygens (including phenoxy) is 1. The highest BCUT2D eigenvalue weighted by atomic mass is 35.5. The molecule has 2 N–H and O–H groups in total. The molecule has 2 rings (SSSR count). The Kier molecular flexibility index (Phi) is 6.81. The van der Waals surface area contributed by atoms with E-state index in [0.717, 1.165) is 0 Å². The highest BCUT2D eigenvalue weighted by Gasteiger charge is 2.13. The van der Waals surface area contributed by atoms with Crippen molar-refractivity contribution in [1.82, 2.24) is 4.72 Å². The molecular weight excluding hydrogens is 364 g/mol. The second-order valence-corrected chi connectivity index (χ2v) is 7.46. The molecule has 0 radical (unpaired) electrons. The Morgan fingerprint density at radius 1 is 1.08 bits per heavy atom. The van der Waals surface area contributed by atoms with E-state index in [1.807, 2.05) is 6.92 Å². The first-order valence-corrected chi connectivity index (χ1v) is 9.65. The lowest BCUT2D eigenvalue weighted by Crippen LogP contribution is -2.33. The summed E-state index contributed by atoms with van der Waals surface area (Å²) in [5.41, 5.74) is 1.15. The number of sulfonamides is 1. The van der Waals surface area contributed by atoms with Gasteiger partial charge in [-0.1, -0.05) is 23.7 Å². The summed E-state index contributed by atoms with van der Waals surface area (Å²) in [7, 11) is -3.62. The smallest absolute Gasteiger partial charge is 0.239 e. The Balaban J connectivity index is 1.84. The maximum atomic E-state index is 12.0. The molecule has 25 heavy (non-hydrogen) atoms. The van der Waals surface area contributed by atoms with Gasteiger partial charge in [0, 0.05) is 10.7 Å². The summed E-state index contributed by atoms with van der Waals surface area (Å²) >= 11 is 5.76. The number of benzene rings is 2. The summed E-state index contributed by atoms with van der Waals surface area (Å²) < 4.78 is 31.6. The van der Waals surface area contributed by atoms with Crippen LogP contribution >= 0.6 is 11.6 Å². The van der Waals surface area contributed by atoms with Crippen molar-refractivity contribution in [3.63, 3.8) is 0 Å². The zero-order valence-corrected chi connectivity index (χ0v) is 15.2. The Labute approximate surface area is 152 Å². The zero-order valence-electron chi connectivity index (χ0n) is 13.7. The van der Waals surface area contributed by atoms with Crippen LogP contribution in [0.25, 0.3) is 0 Å². The molecule has 0 heterocycles. The Morgan fingerprint density at radius 2 is 1.72 bits per heavy atom. The molecule has 0 saturated heterocycles. The van der Waals surface area contributed by atoms with Gasteiger partial charge >= 0.3 is 0 Å². The number of amides is 1. The fourth-order valence-electron chi connectivity index (χ4n) is 2.03. The highest BCUT2D eigenvalue weighted by molar-refractivity contribution is 7.88. The van der Waals surface area contributed by atoms with Gasteiger partial charge in [-0.15, -0.1) is 0 Å². The normalized spacial score (nSPS) is 11.1. The van der Waals surface area contributed by atoms with E-state index in [1.54, 1.807) is 48.5 Å². The van der Waals surface area contributed by atoms with E-state index in [4.69, 9.17) is 16.3 Å². The first-order chi connectivity index (χ1) is 11.9. The van der Waals surface area contributed by atoms with E-state index in [2.05, 4.69) is 10.0 Å². The van der Waals surface area contributed by atoms with Gasteiger partial charge in [-0.3, -0.25) is 4.79 Å². The first-order valence-electron chi connectivity index (χ1n) is 7.62. The van der Waals surface area contributed by atoms with Crippen molar-refractivity contribution in [3.05, 3.63) is 59.1 Å². The third-order valence-corrected chi connectivity index (χ3v) is 4.72. The number of anilines is 1. The summed E-state index contributed by atoms with van der Waals surface area (Å²) in [4.78, 5) is 11.9. The van der Waals surface area contributed by atoms with E-state index in [-0.39, 0.29) is 12.3 Å². The summed E-state index contributed by atoms with van der Waals surface area (Å²) in [6, 6.07) is 13.3. The number of nitrogens with one attached hydrogen (secondary N) is 2. The van der Waals surface area contributed by atoms with Crippen molar-refractivity contribution in [1.29, 1.82) is 0 Å². The lowest BCUT2D eigenvalue weighted by Gasteiger charge is -2.09. The van der Waals surface area contributed by atoms with Gasteiger partial charge in [0.1, 0.15) is 5.75 Å². The second kappa shape index (κ2) is 8.84. The lowest BCUT2D eigenvalue weighted by molar-refractivity contribution is -0.115. The van der Waals surface area contributed by atoms with Gasteiger partial charge in [-0.2, -0.15) is 0 Å². The Morgan fingerprint density at radius 3 is 2.32 bits per heavy atom. The predicted molar refractivity (Wildman–Crippen MR) is 98.3 cm³/mol. The molecule has 6 nitrogen and oxygen atoms in total. The standard InChI is InChI=1S/C17H19ClN2O4S/c1-2-24-16-9-7-15(8-10-16)20-17(21)11-19-25(22,23)12-13-3-5-14(18)6-4-13/h3-10,19H,2,11-12H2,1H3,(H,20,21). The maximum Gasteiger partial charge on any atom is 0.239 e. The number of carbonyl (C=O) groups is 1. The van der Waals surface area contributed by atoms with Gasteiger partial charge in [0.25, 0.3) is 0 Å². The third-order valence-electron chi connectivity index (χ3n) is 3.17. The average Bonchev–Trinajstić information content (AvgIpc) is 2.57. The molecule has 0 aliphatic carbocycles. The van der Waals surface area contributed by atoms with Crippen LogP contribution in [-0.4, -0.2) is 27.5 Å². The van der Waals surface area contributed by atoms with Crippen LogP contribution in [-0.2, 0) is 20.6 Å². The molecule has 1 amide bonds. The molecule has 134 valence electrons. The van der Waals surface area contributed by atoms with Crippen LogP contribution < -0.4 is 14.8 Å². The summed E-state index contributed by atoms with van der Waals surface area (Å²) in [5.74, 6) is 0.0218. The fraction of sp³-hybridized carbons (Fsp3) is 0.235. The Hall–Kier alpha value is -2.09. The van der Waals surface area contributed by atoms with Crippen LogP contribution in [0.4, 0.5) is 5.69 Å². The topological polar surface area (TPSA) is 84.5 Å². The molecule has 0 fully saturated rings. The lowest BCUT2D eigenvalue weighted by atomic mass is 10.2. The van der Waals surface area contributed by atoms with E-state index < -0.39 is 15.9 Å². The van der Waals surface area contributed by atoms with Crippen LogP contribution in [0.2, 0.25) is 5.02 Å². The Bertz CT molecular complexity index is 806. The minimum atomic E-state index is -3.62. The molecule has 0 saturated carbocycles. The van der Waals surface area contributed by atoms with Crippen LogP contribution in [0.5, 0.6) is 5.75 Å². The monoisotopic (exact) mass is 382 g/mol. The molecule has 0 aliphatic heterocycles. The minimum Gasteiger partial charge on any atom is -0.494 e. The van der Waals surface area contributed by atoms with Crippen molar-refractivity contribution >= 4 is 33.2 Å². The fourth-order valence-corrected chi connectivity index (χ4v) is 3.24. The largest absolute Gasteiger partial charge is 0.494 e. The third kappa shape index (κ3) is 6.74. The molecular formula is C17H19ClN2O4S. The number of carbonyl (C=O) groups excluding carboxylic acids is 1. The van der Waals surface area contributed by atoms with Crippen LogP contribution in [0.15, 0.2) is 48.5 Å². The zero-order chi connectivity index (χ0) is 18.3. The van der Waals surface area contributed by atoms with Gasteiger partial charge < -0.3 is 10.1 Å². The number of hydrogen-bond acceptors (Lipinski definition) is 4. The molecule has 0 atom stereocenters. The van der Waals surface area contributed by atoms with Gasteiger partial charge in [-0.25, -0.2) is 13.1 Å². The van der Waals surface area contributed by atoms with Crippen molar-refractivity contribution < 1.29 is 17.9 Å². The van der Waals surface area contributed by atoms with Gasteiger partial charge in [0.15, 0.2) is 0 Å². The van der Waals surface area contributed by atoms with E-state index in [9.17, 15) is 13.2 Å². The van der Waals surface area contributed by atoms with Gasteiger partial charge in [0.05, 0.1) is 18.9 Å². The predicted octanol–water partition coefficient (Wildman–Crippen LogP) is 2.80. The van der Waals surface area contributed by atoms with Crippen molar-refractivity contribution in [2.75, 3.05) is 18.5 Å². The summed E-state index contributed by atoms with van der Waals surface area (Å²) in [6.45, 7) is 2.09. The summed E-state index contributed by atoms with van der Waals surface area (Å²) in [6.07, 6.45) is 0. The number of rotatable bonds is 8. The SMILES string of the molecule is CCOc1ccc(NC(=O)CNS(=O)(=O)Cc2ccc(Cl)cc2)cc1. The summed E-state index contributed by atoms with van der Waals surface area (Å²) in [5, 5.41) is 3.15. The molecule has 0 unspecified atom stereocenters. The van der Waals surface area contributed by atoms with Crippen molar-refractivity contribution in [3.8, 4) is 5.75 Å². The number of halogens is 1. The van der Waals surface area contributed by atoms with Crippen LogP contribution in [0.3, 0.4) is 0 Å². The number of hydrogen-bond donors (Lipinski definition) is 2. The molecule has 0 aliphatic rings. The molecule has 0 bridgehead atoms. The molecule has 0 spiro atoms. The first kappa shape index (κ1) is 19.2.